The van der Waals surface area contributed by atoms with Crippen LogP contribution in [0.25, 0.3) is 21.9 Å². The van der Waals surface area contributed by atoms with E-state index in [1.54, 1.807) is 63.0 Å². The Bertz CT molecular complexity index is 1550. The summed E-state index contributed by atoms with van der Waals surface area (Å²) >= 11 is 0. The van der Waals surface area contributed by atoms with E-state index in [2.05, 4.69) is 4.98 Å². The van der Waals surface area contributed by atoms with Crippen molar-refractivity contribution in [3.8, 4) is 22.6 Å². The minimum absolute atomic E-state index is 0.0134. The van der Waals surface area contributed by atoms with Crippen LogP contribution in [0.5, 0.6) is 11.5 Å². The molecule has 5 rings (SSSR count). The molecule has 0 aliphatic carbocycles. The lowest BCUT2D eigenvalue weighted by Crippen LogP contribution is -2.41. The molecule has 8 heteroatoms. The number of fused-ring (bicyclic) bond motifs is 2. The van der Waals surface area contributed by atoms with Gasteiger partial charge in [0.1, 0.15) is 11.5 Å². The lowest BCUT2D eigenvalue weighted by atomic mass is 9.86. The van der Waals surface area contributed by atoms with Crippen molar-refractivity contribution < 1.29 is 18.3 Å². The number of pyridine rings is 2. The number of nitrogens with zero attached hydrogens (tertiary/aromatic N) is 3. The third-order valence-electron chi connectivity index (χ3n) is 7.27. The van der Waals surface area contributed by atoms with Crippen LogP contribution in [-0.4, -0.2) is 35.2 Å². The maximum Gasteiger partial charge on any atom is 0.286 e. The molecule has 0 unspecified atom stereocenters. The molecule has 0 saturated heterocycles. The van der Waals surface area contributed by atoms with Gasteiger partial charge in [-0.15, -0.1) is 0 Å². The molecule has 1 aliphatic heterocycles. The topological polar surface area (TPSA) is 56.6 Å². The number of methoxy groups -OCH3 is 2. The fourth-order valence-electron chi connectivity index (χ4n) is 5.51. The molecule has 0 saturated carbocycles. The highest BCUT2D eigenvalue weighted by Crippen LogP contribution is 2.43. The number of aromatic nitrogens is 2. The van der Waals surface area contributed by atoms with Gasteiger partial charge in [0.25, 0.3) is 11.5 Å². The second-order valence-electron chi connectivity index (χ2n) is 10.1. The Morgan fingerprint density at radius 2 is 1.79 bits per heavy atom. The first-order valence-electron chi connectivity index (χ1n) is 12.6. The Hall–Kier alpha value is -3.78. The average Bonchev–Trinajstić information content (AvgIpc) is 2.90. The first kappa shape index (κ1) is 25.9. The molecular formula is C30H31F2N3O3. The van der Waals surface area contributed by atoms with Gasteiger partial charge in [-0.25, -0.2) is 0 Å². The van der Waals surface area contributed by atoms with Crippen LogP contribution in [0, 0.1) is 0 Å². The molecule has 0 spiro atoms. The quantitative estimate of drug-likeness (QED) is 0.320. The van der Waals surface area contributed by atoms with Gasteiger partial charge in [0.15, 0.2) is 0 Å². The third-order valence-corrected chi connectivity index (χ3v) is 7.27. The van der Waals surface area contributed by atoms with Gasteiger partial charge in [0.2, 0.25) is 0 Å². The molecule has 2 aromatic heterocycles. The van der Waals surface area contributed by atoms with Crippen molar-refractivity contribution in [2.45, 2.75) is 38.8 Å². The van der Waals surface area contributed by atoms with Crippen LogP contribution < -0.4 is 15.0 Å². The smallest absolute Gasteiger partial charge is 0.286 e. The maximum atomic E-state index is 15.5. The first-order chi connectivity index (χ1) is 18.1. The molecule has 0 N–H and O–H groups in total. The van der Waals surface area contributed by atoms with Crippen LogP contribution in [-0.2, 0) is 26.1 Å². The van der Waals surface area contributed by atoms with Gasteiger partial charge in [0, 0.05) is 49.9 Å². The van der Waals surface area contributed by atoms with Gasteiger partial charge in [-0.2, -0.15) is 8.78 Å². The molecular weight excluding hydrogens is 488 g/mol. The van der Waals surface area contributed by atoms with Crippen LogP contribution in [0.1, 0.15) is 42.0 Å². The van der Waals surface area contributed by atoms with E-state index < -0.39 is 12.5 Å². The summed E-state index contributed by atoms with van der Waals surface area (Å²) in [6.07, 6.45) is 4.98. The third kappa shape index (κ3) is 4.43. The van der Waals surface area contributed by atoms with E-state index in [-0.39, 0.29) is 23.6 Å². The van der Waals surface area contributed by atoms with Crippen molar-refractivity contribution in [1.29, 1.82) is 0 Å². The molecule has 2 aromatic carbocycles. The van der Waals surface area contributed by atoms with Crippen molar-refractivity contribution in [3.05, 3.63) is 87.6 Å². The van der Waals surface area contributed by atoms with E-state index in [0.717, 1.165) is 16.5 Å². The zero-order chi connectivity index (χ0) is 27.2. The molecule has 0 radical (unpaired) electrons. The Morgan fingerprint density at radius 1 is 1.08 bits per heavy atom. The number of aryl methyl sites for hydroxylation is 1. The number of benzene rings is 2. The molecule has 0 atom stereocenters. The van der Waals surface area contributed by atoms with E-state index >= 15 is 8.78 Å². The molecule has 4 aromatic rings. The number of rotatable bonds is 6. The van der Waals surface area contributed by atoms with Crippen LogP contribution in [0.2, 0.25) is 0 Å². The molecule has 198 valence electrons. The van der Waals surface area contributed by atoms with E-state index in [0.29, 0.717) is 40.1 Å². The van der Waals surface area contributed by atoms with Gasteiger partial charge < -0.3 is 14.0 Å². The Morgan fingerprint density at radius 3 is 2.45 bits per heavy atom. The van der Waals surface area contributed by atoms with E-state index in [9.17, 15) is 4.79 Å². The Kier molecular flexibility index (Phi) is 6.69. The monoisotopic (exact) mass is 519 g/mol. The lowest BCUT2D eigenvalue weighted by molar-refractivity contribution is -0.0557. The zero-order valence-electron chi connectivity index (χ0n) is 22.2. The van der Waals surface area contributed by atoms with E-state index in [4.69, 9.17) is 9.47 Å². The molecule has 0 bridgehead atoms. The summed E-state index contributed by atoms with van der Waals surface area (Å²) in [5.41, 5.74) is 3.65. The van der Waals surface area contributed by atoms with Gasteiger partial charge in [-0.1, -0.05) is 32.0 Å². The fourth-order valence-corrected chi connectivity index (χ4v) is 5.51. The molecule has 1 aliphatic rings. The highest BCUT2D eigenvalue weighted by Gasteiger charge is 2.42. The molecule has 6 nitrogen and oxygen atoms in total. The predicted molar refractivity (Wildman–Crippen MR) is 144 cm³/mol. The summed E-state index contributed by atoms with van der Waals surface area (Å²) in [6, 6.07) is 11.0. The number of hydrogen-bond donors (Lipinski definition) is 0. The van der Waals surface area contributed by atoms with E-state index in [1.807, 2.05) is 32.0 Å². The van der Waals surface area contributed by atoms with E-state index in [1.165, 1.54) is 4.57 Å². The number of ether oxygens (including phenoxy) is 2. The highest BCUT2D eigenvalue weighted by molar-refractivity contribution is 5.95. The zero-order valence-corrected chi connectivity index (χ0v) is 22.2. The molecule has 38 heavy (non-hydrogen) atoms. The summed E-state index contributed by atoms with van der Waals surface area (Å²) in [7, 11) is 4.81. The Balaban J connectivity index is 1.57. The van der Waals surface area contributed by atoms with Crippen LogP contribution >= 0.6 is 0 Å². The van der Waals surface area contributed by atoms with Crippen molar-refractivity contribution in [2.75, 3.05) is 20.8 Å². The maximum absolute atomic E-state index is 15.5. The van der Waals surface area contributed by atoms with Crippen molar-refractivity contribution in [2.24, 2.45) is 7.05 Å². The second-order valence-corrected chi connectivity index (χ2v) is 10.1. The van der Waals surface area contributed by atoms with Crippen molar-refractivity contribution in [1.82, 2.24) is 14.5 Å². The van der Waals surface area contributed by atoms with Crippen LogP contribution in [0.3, 0.4) is 0 Å². The Labute approximate surface area is 220 Å². The van der Waals surface area contributed by atoms with Gasteiger partial charge in [-0.3, -0.25) is 14.7 Å². The first-order valence-corrected chi connectivity index (χ1v) is 12.6. The fraction of sp³-hybridized carbons (Fsp3) is 0.333. The number of alkyl halides is 2. The summed E-state index contributed by atoms with van der Waals surface area (Å²) in [4.78, 5) is 18.5. The summed E-state index contributed by atoms with van der Waals surface area (Å²) < 4.78 is 44.0. The van der Waals surface area contributed by atoms with Gasteiger partial charge in [-0.05, 0) is 46.2 Å². The highest BCUT2D eigenvalue weighted by atomic mass is 19.3. The predicted octanol–water partition coefficient (Wildman–Crippen LogP) is 5.85. The molecule has 3 heterocycles. The number of hydrogen-bond acceptors (Lipinski definition) is 5. The minimum Gasteiger partial charge on any atom is -0.496 e. The van der Waals surface area contributed by atoms with Crippen molar-refractivity contribution in [3.63, 3.8) is 0 Å². The van der Waals surface area contributed by atoms with Crippen molar-refractivity contribution >= 4 is 10.8 Å². The van der Waals surface area contributed by atoms with Crippen LogP contribution in [0.15, 0.2) is 59.8 Å². The standard InChI is InChI=1S/C30H31F2N3O3/c1-18(2)21-8-6-7-19-14-35(17-30(31,32)28(19)21)16-25-26(37-4)11-20(12-27(25)38-5)24-15-34(3)29(36)23-13-33-10-9-22(23)24/h6-13,15,18H,14,16-17H2,1-5H3. The summed E-state index contributed by atoms with van der Waals surface area (Å²) in [6.45, 7) is 4.12. The SMILES string of the molecule is COc1cc(-c2cn(C)c(=O)c3cnccc23)cc(OC)c1CN1Cc2cccc(C(C)C)c2C(F)(F)C1. The normalized spacial score (nSPS) is 15.1. The lowest BCUT2D eigenvalue weighted by Gasteiger charge is -2.36. The van der Waals surface area contributed by atoms with Gasteiger partial charge in [0.05, 0.1) is 31.7 Å². The average molecular weight is 520 g/mol. The molecule has 0 fully saturated rings. The largest absolute Gasteiger partial charge is 0.496 e. The van der Waals surface area contributed by atoms with Crippen LogP contribution in [0.4, 0.5) is 8.78 Å². The summed E-state index contributed by atoms with van der Waals surface area (Å²) in [5, 5.41) is 1.26. The molecule has 0 amide bonds. The minimum atomic E-state index is -2.98. The number of halogens is 2. The second kappa shape index (κ2) is 9.83. The summed E-state index contributed by atoms with van der Waals surface area (Å²) in [5.74, 6) is -1.91. The van der Waals surface area contributed by atoms with Gasteiger partial charge >= 0.3 is 0 Å².